The van der Waals surface area contributed by atoms with Crippen molar-refractivity contribution in [3.8, 4) is 0 Å². The highest BCUT2D eigenvalue weighted by molar-refractivity contribution is 5.35. The average molecular weight is 276 g/mol. The molecule has 0 amide bonds. The Morgan fingerprint density at radius 2 is 2.11 bits per heavy atom. The molecule has 0 fully saturated rings. The van der Waals surface area contributed by atoms with E-state index in [1.807, 2.05) is 6.92 Å². The Balaban J connectivity index is 2.69. The van der Waals surface area contributed by atoms with E-state index >= 15 is 0 Å². The van der Waals surface area contributed by atoms with Gasteiger partial charge >= 0.3 is 6.18 Å². The first-order valence-electron chi connectivity index (χ1n) is 5.88. The van der Waals surface area contributed by atoms with Crippen LogP contribution in [0.15, 0.2) is 24.3 Å². The van der Waals surface area contributed by atoms with Crippen molar-refractivity contribution in [1.82, 2.24) is 5.32 Å². The molecule has 0 aromatic heterocycles. The predicted octanol–water partition coefficient (Wildman–Crippen LogP) is 3.59. The zero-order chi connectivity index (χ0) is 14.5. The van der Waals surface area contributed by atoms with Crippen molar-refractivity contribution in [1.29, 1.82) is 0 Å². The van der Waals surface area contributed by atoms with Gasteiger partial charge in [0.2, 0.25) is 0 Å². The maximum atomic E-state index is 12.1. The highest BCUT2D eigenvalue weighted by atomic mass is 19.4. The molecule has 0 bridgehead atoms. The van der Waals surface area contributed by atoms with Gasteiger partial charge in [-0.3, -0.25) is 10.1 Å². The smallest absolute Gasteiger partial charge is 0.310 e. The van der Waals surface area contributed by atoms with Crippen molar-refractivity contribution >= 4 is 5.69 Å². The standard InChI is InChI=1S/C12H15F3N2O2/c1-2-11(16-7-6-12(13,14)15)9-4-3-5-10(8-9)17(18)19/h3-5,8,11,16H,2,6-7H2,1H3. The van der Waals surface area contributed by atoms with Gasteiger partial charge < -0.3 is 5.32 Å². The summed E-state index contributed by atoms with van der Waals surface area (Å²) in [4.78, 5) is 10.1. The van der Waals surface area contributed by atoms with Crippen LogP contribution in [-0.2, 0) is 0 Å². The van der Waals surface area contributed by atoms with Crippen molar-refractivity contribution in [2.45, 2.75) is 32.0 Å². The first kappa shape index (κ1) is 15.4. The Hall–Kier alpha value is -1.63. The molecule has 0 spiro atoms. The minimum absolute atomic E-state index is 0.0615. The fourth-order valence-corrected chi connectivity index (χ4v) is 1.74. The van der Waals surface area contributed by atoms with Crippen molar-refractivity contribution in [2.24, 2.45) is 0 Å². The van der Waals surface area contributed by atoms with Crippen LogP contribution in [0.1, 0.15) is 31.4 Å². The van der Waals surface area contributed by atoms with Crippen LogP contribution in [-0.4, -0.2) is 17.6 Å². The predicted molar refractivity (Wildman–Crippen MR) is 64.8 cm³/mol. The number of rotatable bonds is 6. The zero-order valence-electron chi connectivity index (χ0n) is 10.4. The SMILES string of the molecule is CCC(NCCC(F)(F)F)c1cccc([N+](=O)[O-])c1. The molecule has 0 saturated carbocycles. The van der Waals surface area contributed by atoms with E-state index in [4.69, 9.17) is 0 Å². The fourth-order valence-electron chi connectivity index (χ4n) is 1.74. The number of non-ortho nitro benzene ring substituents is 1. The van der Waals surface area contributed by atoms with Gasteiger partial charge in [-0.2, -0.15) is 13.2 Å². The number of benzene rings is 1. The summed E-state index contributed by atoms with van der Waals surface area (Å²) in [6.07, 6.45) is -4.56. The monoisotopic (exact) mass is 276 g/mol. The largest absolute Gasteiger partial charge is 0.390 e. The molecule has 1 N–H and O–H groups in total. The first-order chi connectivity index (χ1) is 8.83. The third-order valence-electron chi connectivity index (χ3n) is 2.69. The van der Waals surface area contributed by atoms with E-state index in [0.717, 1.165) is 0 Å². The van der Waals surface area contributed by atoms with Crippen LogP contribution < -0.4 is 5.32 Å². The summed E-state index contributed by atoms with van der Waals surface area (Å²) in [5, 5.41) is 13.4. The highest BCUT2D eigenvalue weighted by Crippen LogP contribution is 2.23. The lowest BCUT2D eigenvalue weighted by Gasteiger charge is -2.17. The van der Waals surface area contributed by atoms with Crippen LogP contribution >= 0.6 is 0 Å². The number of halogens is 3. The van der Waals surface area contributed by atoms with Crippen LogP contribution in [0, 0.1) is 10.1 Å². The van der Waals surface area contributed by atoms with Crippen molar-refractivity contribution in [3.63, 3.8) is 0 Å². The molecule has 1 atom stereocenters. The Kier molecular flexibility index (Phi) is 5.29. The normalized spacial score (nSPS) is 13.3. The second-order valence-electron chi connectivity index (χ2n) is 4.13. The van der Waals surface area contributed by atoms with Gasteiger partial charge in [0, 0.05) is 24.7 Å². The summed E-state index contributed by atoms with van der Waals surface area (Å²) in [5.41, 5.74) is 0.562. The molecule has 19 heavy (non-hydrogen) atoms. The molecule has 1 rings (SSSR count). The molecule has 0 aliphatic rings. The molecule has 1 aromatic rings. The minimum atomic E-state index is -4.20. The number of hydrogen-bond acceptors (Lipinski definition) is 3. The molecule has 0 saturated heterocycles. The summed E-state index contributed by atoms with van der Waals surface area (Å²) >= 11 is 0. The Labute approximate surface area is 108 Å². The molecule has 0 aliphatic carbocycles. The lowest BCUT2D eigenvalue weighted by Crippen LogP contribution is -2.25. The third-order valence-corrected chi connectivity index (χ3v) is 2.69. The van der Waals surface area contributed by atoms with E-state index in [1.165, 1.54) is 18.2 Å². The van der Waals surface area contributed by atoms with Crippen molar-refractivity contribution < 1.29 is 18.1 Å². The molecular formula is C12H15F3N2O2. The zero-order valence-corrected chi connectivity index (χ0v) is 10.4. The van der Waals surface area contributed by atoms with Gasteiger partial charge in [-0.1, -0.05) is 19.1 Å². The number of hydrogen-bond donors (Lipinski definition) is 1. The second kappa shape index (κ2) is 6.51. The quantitative estimate of drug-likeness (QED) is 0.638. The third kappa shape index (κ3) is 5.25. The Morgan fingerprint density at radius 1 is 1.42 bits per heavy atom. The van der Waals surface area contributed by atoms with Crippen LogP contribution in [0.2, 0.25) is 0 Å². The number of nitro groups is 1. The molecular weight excluding hydrogens is 261 g/mol. The van der Waals surface area contributed by atoms with Crippen LogP contribution in [0.3, 0.4) is 0 Å². The summed E-state index contributed by atoms with van der Waals surface area (Å²) < 4.78 is 36.2. The maximum Gasteiger partial charge on any atom is 0.390 e. The number of alkyl halides is 3. The summed E-state index contributed by atoms with van der Waals surface area (Å²) in [6.45, 7) is 1.61. The van der Waals surface area contributed by atoms with Gasteiger partial charge in [-0.05, 0) is 12.0 Å². The van der Waals surface area contributed by atoms with E-state index in [9.17, 15) is 23.3 Å². The Bertz CT molecular complexity index is 435. The molecule has 1 aromatic carbocycles. The van der Waals surface area contributed by atoms with Crippen molar-refractivity contribution in [3.05, 3.63) is 39.9 Å². The molecule has 7 heteroatoms. The molecule has 0 radical (unpaired) electrons. The van der Waals surface area contributed by atoms with E-state index in [-0.39, 0.29) is 18.3 Å². The molecule has 0 aliphatic heterocycles. The number of nitrogens with one attached hydrogen (secondary N) is 1. The summed E-state index contributed by atoms with van der Waals surface area (Å²) in [5.74, 6) is 0. The van der Waals surface area contributed by atoms with Crippen molar-refractivity contribution in [2.75, 3.05) is 6.54 Å². The number of nitrogens with zero attached hydrogens (tertiary/aromatic N) is 1. The Morgan fingerprint density at radius 3 is 2.63 bits per heavy atom. The lowest BCUT2D eigenvalue weighted by atomic mass is 10.0. The number of nitro benzene ring substituents is 1. The summed E-state index contributed by atoms with van der Waals surface area (Å²) in [7, 11) is 0. The van der Waals surface area contributed by atoms with E-state index in [2.05, 4.69) is 5.32 Å². The molecule has 0 heterocycles. The van der Waals surface area contributed by atoms with Gasteiger partial charge in [-0.15, -0.1) is 0 Å². The fraction of sp³-hybridized carbons (Fsp3) is 0.500. The molecule has 106 valence electrons. The maximum absolute atomic E-state index is 12.1. The second-order valence-corrected chi connectivity index (χ2v) is 4.13. The van der Waals surface area contributed by atoms with E-state index in [0.29, 0.717) is 12.0 Å². The highest BCUT2D eigenvalue weighted by Gasteiger charge is 2.26. The van der Waals surface area contributed by atoms with Crippen LogP contribution in [0.5, 0.6) is 0 Å². The van der Waals surface area contributed by atoms with Gasteiger partial charge in [0.15, 0.2) is 0 Å². The van der Waals surface area contributed by atoms with Gasteiger partial charge in [0.05, 0.1) is 11.3 Å². The van der Waals surface area contributed by atoms with Gasteiger partial charge in [0.1, 0.15) is 0 Å². The topological polar surface area (TPSA) is 55.2 Å². The van der Waals surface area contributed by atoms with E-state index in [1.54, 1.807) is 6.07 Å². The first-order valence-corrected chi connectivity index (χ1v) is 5.88. The average Bonchev–Trinajstić information content (AvgIpc) is 2.33. The van der Waals surface area contributed by atoms with Crippen LogP contribution in [0.25, 0.3) is 0 Å². The minimum Gasteiger partial charge on any atom is -0.310 e. The summed E-state index contributed by atoms with van der Waals surface area (Å²) in [6, 6.07) is 5.62. The molecule has 4 nitrogen and oxygen atoms in total. The van der Waals surface area contributed by atoms with Crippen LogP contribution in [0.4, 0.5) is 18.9 Å². The molecule has 1 unspecified atom stereocenters. The van der Waals surface area contributed by atoms with E-state index < -0.39 is 17.5 Å². The van der Waals surface area contributed by atoms with Gasteiger partial charge in [0.25, 0.3) is 5.69 Å². The van der Waals surface area contributed by atoms with Gasteiger partial charge in [-0.25, -0.2) is 0 Å². The lowest BCUT2D eigenvalue weighted by molar-refractivity contribution is -0.384.